The lowest BCUT2D eigenvalue weighted by molar-refractivity contribution is -0.147. The Bertz CT molecular complexity index is 1010. The number of carbonyl (C=O) groups is 2. The van der Waals surface area contributed by atoms with Gasteiger partial charge < -0.3 is 23.7 Å². The molecule has 0 fully saturated rings. The van der Waals surface area contributed by atoms with Gasteiger partial charge in [-0.05, 0) is 68.1 Å². The van der Waals surface area contributed by atoms with Crippen molar-refractivity contribution in [3.05, 3.63) is 53.1 Å². The van der Waals surface area contributed by atoms with Crippen molar-refractivity contribution >= 4 is 12.1 Å². The van der Waals surface area contributed by atoms with Crippen molar-refractivity contribution in [2.45, 2.75) is 45.4 Å². The molecule has 0 radical (unpaired) electrons. The monoisotopic (exact) mass is 457 g/mol. The zero-order chi connectivity index (χ0) is 24.2. The molecule has 0 aromatic heterocycles. The number of amides is 1. The van der Waals surface area contributed by atoms with Gasteiger partial charge in [-0.3, -0.25) is 4.90 Å². The second-order valence-corrected chi connectivity index (χ2v) is 8.69. The fourth-order valence-corrected chi connectivity index (χ4v) is 3.71. The number of esters is 1. The van der Waals surface area contributed by atoms with Gasteiger partial charge in [-0.25, -0.2) is 9.59 Å². The van der Waals surface area contributed by atoms with Crippen LogP contribution in [-0.2, 0) is 27.3 Å². The minimum Gasteiger partial charge on any atom is -0.493 e. The zero-order valence-electron chi connectivity index (χ0n) is 20.0. The summed E-state index contributed by atoms with van der Waals surface area (Å²) in [5.41, 5.74) is 1.89. The molecule has 0 saturated carbocycles. The molecule has 0 unspecified atom stereocenters. The van der Waals surface area contributed by atoms with E-state index in [1.54, 1.807) is 47.1 Å². The first kappa shape index (κ1) is 24.2. The third-order valence-electron chi connectivity index (χ3n) is 5.25. The molecule has 0 spiro atoms. The smallest absolute Gasteiger partial charge is 0.411 e. The summed E-state index contributed by atoms with van der Waals surface area (Å²) in [6, 6.07) is 10.2. The molecule has 1 atom stereocenters. The second kappa shape index (κ2) is 10.0. The normalized spacial score (nSPS) is 15.3. The maximum atomic E-state index is 12.7. The molecule has 1 amide bonds. The van der Waals surface area contributed by atoms with Crippen LogP contribution in [0.1, 0.15) is 43.5 Å². The Balaban J connectivity index is 1.79. The number of hydrogen-bond donors (Lipinski definition) is 0. The van der Waals surface area contributed by atoms with Gasteiger partial charge >= 0.3 is 12.1 Å². The predicted octanol–water partition coefficient (Wildman–Crippen LogP) is 4.29. The van der Waals surface area contributed by atoms with Crippen LogP contribution >= 0.6 is 0 Å². The van der Waals surface area contributed by atoms with Crippen LogP contribution in [0.2, 0.25) is 0 Å². The molecular weight excluding hydrogens is 426 g/mol. The van der Waals surface area contributed by atoms with Crippen molar-refractivity contribution in [3.63, 3.8) is 0 Å². The van der Waals surface area contributed by atoms with Crippen LogP contribution in [0.15, 0.2) is 36.4 Å². The first-order chi connectivity index (χ1) is 15.7. The van der Waals surface area contributed by atoms with Crippen molar-refractivity contribution in [2.75, 3.05) is 27.9 Å². The number of fused-ring (bicyclic) bond motifs is 1. The Kier molecular flexibility index (Phi) is 7.36. The summed E-state index contributed by atoms with van der Waals surface area (Å²) in [5, 5.41) is 0. The minimum atomic E-state index is -0.867. The number of ether oxygens (including phenoxy) is 5. The van der Waals surface area contributed by atoms with E-state index in [0.29, 0.717) is 42.4 Å². The summed E-state index contributed by atoms with van der Waals surface area (Å²) >= 11 is 0. The summed E-state index contributed by atoms with van der Waals surface area (Å²) in [6.07, 6.45) is 0.0210. The Morgan fingerprint density at radius 2 is 1.73 bits per heavy atom. The molecule has 1 aliphatic rings. The van der Waals surface area contributed by atoms with Crippen LogP contribution < -0.4 is 14.2 Å². The second-order valence-electron chi connectivity index (χ2n) is 8.69. The van der Waals surface area contributed by atoms with E-state index < -0.39 is 23.7 Å². The maximum absolute atomic E-state index is 12.7. The van der Waals surface area contributed by atoms with Gasteiger partial charge in [0.1, 0.15) is 18.0 Å². The van der Waals surface area contributed by atoms with Crippen LogP contribution in [0.25, 0.3) is 0 Å². The fourth-order valence-electron chi connectivity index (χ4n) is 3.71. The lowest BCUT2D eigenvalue weighted by atomic mass is 9.92. The quantitative estimate of drug-likeness (QED) is 0.599. The molecule has 1 heterocycles. The highest BCUT2D eigenvalue weighted by Gasteiger charge is 2.39. The molecule has 33 heavy (non-hydrogen) atoms. The van der Waals surface area contributed by atoms with Crippen LogP contribution in [0.4, 0.5) is 4.79 Å². The molecule has 8 nitrogen and oxygen atoms in total. The molecule has 2 aromatic rings. The molecule has 0 saturated heterocycles. The van der Waals surface area contributed by atoms with Gasteiger partial charge in [0, 0.05) is 6.54 Å². The van der Waals surface area contributed by atoms with E-state index >= 15 is 0 Å². The van der Waals surface area contributed by atoms with Gasteiger partial charge in [-0.1, -0.05) is 12.1 Å². The highest BCUT2D eigenvalue weighted by Crippen LogP contribution is 2.34. The summed E-state index contributed by atoms with van der Waals surface area (Å²) in [7, 11) is 4.49. The topological polar surface area (TPSA) is 83.5 Å². The number of methoxy groups -OCH3 is 3. The number of rotatable bonds is 6. The Morgan fingerprint density at radius 1 is 1.00 bits per heavy atom. The van der Waals surface area contributed by atoms with Crippen molar-refractivity contribution in [1.29, 1.82) is 0 Å². The van der Waals surface area contributed by atoms with Crippen LogP contribution in [0, 0.1) is 0 Å². The Labute approximate surface area is 194 Å². The van der Waals surface area contributed by atoms with Crippen molar-refractivity contribution < 1.29 is 33.3 Å². The lowest BCUT2D eigenvalue weighted by Gasteiger charge is -2.36. The molecule has 2 aromatic carbocycles. The average molecular weight is 458 g/mol. The minimum absolute atomic E-state index is 0.334. The first-order valence-electron chi connectivity index (χ1n) is 10.7. The SMILES string of the molecule is COC(=O)[C@H]1c2ccc(OCc3ccc(OC)c(OC)c3)cc2CCN1C(=O)OC(C)(C)C. The predicted molar refractivity (Wildman–Crippen MR) is 122 cm³/mol. The summed E-state index contributed by atoms with van der Waals surface area (Å²) < 4.78 is 27.1. The zero-order valence-corrected chi connectivity index (χ0v) is 20.0. The number of carbonyl (C=O) groups excluding carboxylic acids is 2. The van der Waals surface area contributed by atoms with Crippen LogP contribution in [-0.4, -0.2) is 50.4 Å². The van der Waals surface area contributed by atoms with Gasteiger partial charge in [-0.15, -0.1) is 0 Å². The standard InChI is InChI=1S/C25H31NO7/c1-25(2,3)33-24(28)26-12-11-17-14-18(8-9-19(17)22(26)23(27)31-6)32-15-16-7-10-20(29-4)21(13-16)30-5/h7-10,13-14,22H,11-12,15H2,1-6H3/t22-/m1/s1. The maximum Gasteiger partial charge on any atom is 0.411 e. The van der Waals surface area contributed by atoms with Gasteiger partial charge in [0.2, 0.25) is 0 Å². The number of benzene rings is 2. The Morgan fingerprint density at radius 3 is 2.36 bits per heavy atom. The summed E-state index contributed by atoms with van der Waals surface area (Å²) in [5.74, 6) is 1.43. The third-order valence-corrected chi connectivity index (χ3v) is 5.25. The first-order valence-corrected chi connectivity index (χ1v) is 10.7. The van der Waals surface area contributed by atoms with Gasteiger partial charge in [0.15, 0.2) is 17.5 Å². The molecule has 3 rings (SSSR count). The van der Waals surface area contributed by atoms with Gasteiger partial charge in [0.25, 0.3) is 0 Å². The highest BCUT2D eigenvalue weighted by molar-refractivity contribution is 5.84. The summed E-state index contributed by atoms with van der Waals surface area (Å²) in [4.78, 5) is 26.7. The number of hydrogen-bond acceptors (Lipinski definition) is 7. The average Bonchev–Trinajstić information content (AvgIpc) is 2.79. The molecular formula is C25H31NO7. The van der Waals surface area contributed by atoms with Gasteiger partial charge in [-0.2, -0.15) is 0 Å². The molecule has 1 aliphatic heterocycles. The molecule has 178 valence electrons. The largest absolute Gasteiger partial charge is 0.493 e. The third kappa shape index (κ3) is 5.69. The van der Waals surface area contributed by atoms with Gasteiger partial charge in [0.05, 0.1) is 21.3 Å². The lowest BCUT2D eigenvalue weighted by Crippen LogP contribution is -2.46. The molecule has 0 aliphatic carbocycles. The van der Waals surface area contributed by atoms with Crippen molar-refractivity contribution in [1.82, 2.24) is 4.90 Å². The van der Waals surface area contributed by atoms with E-state index in [1.807, 2.05) is 24.3 Å². The van der Waals surface area contributed by atoms with E-state index in [0.717, 1.165) is 11.1 Å². The van der Waals surface area contributed by atoms with E-state index in [9.17, 15) is 9.59 Å². The van der Waals surface area contributed by atoms with Crippen molar-refractivity contribution in [2.24, 2.45) is 0 Å². The molecule has 8 heteroatoms. The Hall–Kier alpha value is -3.42. The summed E-state index contributed by atoms with van der Waals surface area (Å²) in [6.45, 7) is 6.04. The molecule has 0 N–H and O–H groups in total. The molecule has 0 bridgehead atoms. The van der Waals surface area contributed by atoms with Crippen LogP contribution in [0.5, 0.6) is 17.2 Å². The fraction of sp³-hybridized carbons (Fsp3) is 0.440. The van der Waals surface area contributed by atoms with E-state index in [4.69, 9.17) is 23.7 Å². The number of nitrogens with zero attached hydrogens (tertiary/aromatic N) is 1. The van der Waals surface area contributed by atoms with Crippen LogP contribution in [0.3, 0.4) is 0 Å². The van der Waals surface area contributed by atoms with E-state index in [-0.39, 0.29) is 0 Å². The van der Waals surface area contributed by atoms with E-state index in [2.05, 4.69) is 0 Å². The van der Waals surface area contributed by atoms with Crippen molar-refractivity contribution in [3.8, 4) is 17.2 Å². The van der Waals surface area contributed by atoms with E-state index in [1.165, 1.54) is 12.0 Å². The highest BCUT2D eigenvalue weighted by atomic mass is 16.6.